The number of nitrogens with one attached hydrogen (secondary N) is 1. The van der Waals surface area contributed by atoms with Crippen LogP contribution < -0.4 is 11.2 Å². The molecule has 0 spiro atoms. The number of nitrogens with zero attached hydrogens (tertiary/aromatic N) is 1. The van der Waals surface area contributed by atoms with Gasteiger partial charge < -0.3 is 10.6 Å². The van der Waals surface area contributed by atoms with Gasteiger partial charge in [0.15, 0.2) is 6.40 Å². The van der Waals surface area contributed by atoms with Crippen LogP contribution in [-0.2, 0) is 9.63 Å². The first-order valence-corrected chi connectivity index (χ1v) is 2.03. The lowest BCUT2D eigenvalue weighted by Crippen LogP contribution is -2.35. The molecule has 0 radical (unpaired) electrons. The summed E-state index contributed by atoms with van der Waals surface area (Å²) in [4.78, 5) is 18.0. The average Bonchev–Trinajstić information content (AvgIpc) is 2.12. The molecule has 0 aromatic heterocycles. The van der Waals surface area contributed by atoms with E-state index >= 15 is 0 Å². The van der Waals surface area contributed by atoms with Crippen molar-refractivity contribution in [3.05, 3.63) is 0 Å². The molecule has 1 rings (SSSR count). The van der Waals surface area contributed by atoms with E-state index in [1.807, 2.05) is 0 Å². The third-order valence-corrected chi connectivity index (χ3v) is 0.712. The lowest BCUT2D eigenvalue weighted by molar-refractivity contribution is -0.121. The van der Waals surface area contributed by atoms with Crippen molar-refractivity contribution >= 4 is 12.3 Å². The van der Waals surface area contributed by atoms with Crippen molar-refractivity contribution in [3.8, 4) is 0 Å². The number of carbonyl (C=O) groups is 1. The second kappa shape index (κ2) is 1.79. The molecule has 0 bridgehead atoms. The second-order valence-electron chi connectivity index (χ2n) is 1.30. The van der Waals surface area contributed by atoms with Gasteiger partial charge in [0, 0.05) is 0 Å². The number of rotatable bonds is 1. The maximum atomic E-state index is 10.2. The van der Waals surface area contributed by atoms with E-state index < -0.39 is 12.1 Å². The zero-order chi connectivity index (χ0) is 5.98. The number of hydroxylamine groups is 1. The SMILES string of the molecule is NC(=O)C1N=CON1. The normalized spacial score (nSPS) is 25.2. The zero-order valence-electron chi connectivity index (χ0n) is 4.00. The van der Waals surface area contributed by atoms with Gasteiger partial charge in [0.2, 0.25) is 6.17 Å². The zero-order valence-corrected chi connectivity index (χ0v) is 4.00. The van der Waals surface area contributed by atoms with Crippen molar-refractivity contribution in [2.45, 2.75) is 6.17 Å². The largest absolute Gasteiger partial charge is 0.394 e. The molecule has 1 heterocycles. The van der Waals surface area contributed by atoms with Crippen LogP contribution in [-0.4, -0.2) is 18.5 Å². The van der Waals surface area contributed by atoms with Crippen molar-refractivity contribution in [2.75, 3.05) is 0 Å². The molecule has 0 saturated carbocycles. The Morgan fingerprint density at radius 3 is 3.00 bits per heavy atom. The van der Waals surface area contributed by atoms with Gasteiger partial charge in [-0.15, -0.1) is 5.48 Å². The fourth-order valence-electron chi connectivity index (χ4n) is 0.348. The van der Waals surface area contributed by atoms with Gasteiger partial charge in [0.25, 0.3) is 5.91 Å². The van der Waals surface area contributed by atoms with E-state index in [4.69, 9.17) is 5.73 Å². The van der Waals surface area contributed by atoms with Crippen molar-refractivity contribution in [1.82, 2.24) is 5.48 Å². The summed E-state index contributed by atoms with van der Waals surface area (Å²) in [5, 5.41) is 0. The van der Waals surface area contributed by atoms with Crippen molar-refractivity contribution in [2.24, 2.45) is 10.7 Å². The predicted molar refractivity (Wildman–Crippen MR) is 25.7 cm³/mol. The van der Waals surface area contributed by atoms with Crippen LogP contribution in [0.25, 0.3) is 0 Å². The molecule has 3 N–H and O–H groups in total. The first-order valence-electron chi connectivity index (χ1n) is 2.03. The van der Waals surface area contributed by atoms with E-state index in [9.17, 15) is 4.79 Å². The van der Waals surface area contributed by atoms with Gasteiger partial charge in [-0.2, -0.15) is 0 Å². The summed E-state index contributed by atoms with van der Waals surface area (Å²) in [6, 6.07) is 0. The summed E-state index contributed by atoms with van der Waals surface area (Å²) in [6.45, 7) is 0. The molecule has 0 aromatic rings. The highest BCUT2D eigenvalue weighted by molar-refractivity contribution is 5.81. The van der Waals surface area contributed by atoms with Crippen LogP contribution in [0.3, 0.4) is 0 Å². The Morgan fingerprint density at radius 1 is 2.00 bits per heavy atom. The second-order valence-corrected chi connectivity index (χ2v) is 1.30. The fraction of sp³-hybridized carbons (Fsp3) is 0.333. The van der Waals surface area contributed by atoms with Crippen LogP contribution >= 0.6 is 0 Å². The number of nitrogens with two attached hydrogens (primary N) is 1. The van der Waals surface area contributed by atoms with Crippen molar-refractivity contribution < 1.29 is 9.63 Å². The first-order chi connectivity index (χ1) is 3.80. The van der Waals surface area contributed by atoms with Crippen molar-refractivity contribution in [3.63, 3.8) is 0 Å². The molecule has 5 heteroatoms. The topological polar surface area (TPSA) is 76.7 Å². The highest BCUT2D eigenvalue weighted by Crippen LogP contribution is 1.88. The smallest absolute Gasteiger partial charge is 0.260 e. The molecule has 1 unspecified atom stereocenters. The van der Waals surface area contributed by atoms with Crippen LogP contribution in [0.2, 0.25) is 0 Å². The van der Waals surface area contributed by atoms with Gasteiger partial charge in [0.05, 0.1) is 0 Å². The minimum absolute atomic E-state index is 0.543. The lowest BCUT2D eigenvalue weighted by Gasteiger charge is -1.97. The Bertz CT molecular complexity index is 132. The third-order valence-electron chi connectivity index (χ3n) is 0.712. The van der Waals surface area contributed by atoms with Crippen LogP contribution in [0.5, 0.6) is 0 Å². The van der Waals surface area contributed by atoms with Gasteiger partial charge in [-0.05, 0) is 0 Å². The molecule has 1 aliphatic rings. The van der Waals surface area contributed by atoms with Crippen molar-refractivity contribution in [1.29, 1.82) is 0 Å². The number of hydrogen-bond donors (Lipinski definition) is 2. The monoisotopic (exact) mass is 115 g/mol. The maximum absolute atomic E-state index is 10.2. The van der Waals surface area contributed by atoms with E-state index in [0.717, 1.165) is 6.40 Å². The molecule has 44 valence electrons. The quantitative estimate of drug-likeness (QED) is 0.430. The Labute approximate surface area is 45.5 Å². The number of aliphatic imine (C=N–C) groups is 1. The number of carbonyl (C=O) groups excluding carboxylic acids is 1. The summed E-state index contributed by atoms with van der Waals surface area (Å²) >= 11 is 0. The summed E-state index contributed by atoms with van der Waals surface area (Å²) in [6.07, 6.45) is 0.435. The summed E-state index contributed by atoms with van der Waals surface area (Å²) in [5.41, 5.74) is 7.06. The molecule has 0 aromatic carbocycles. The Morgan fingerprint density at radius 2 is 2.75 bits per heavy atom. The molecule has 1 amide bonds. The molecule has 0 aliphatic carbocycles. The summed E-state index contributed by atoms with van der Waals surface area (Å²) in [5.74, 6) is -0.543. The predicted octanol–water partition coefficient (Wildman–Crippen LogP) is -1.64. The Balaban J connectivity index is 2.48. The first kappa shape index (κ1) is 5.04. The molecule has 1 atom stereocenters. The summed E-state index contributed by atoms with van der Waals surface area (Å²) < 4.78 is 0. The minimum atomic E-state index is -0.699. The molecule has 5 nitrogen and oxygen atoms in total. The highest BCUT2D eigenvalue weighted by atomic mass is 16.7. The summed E-state index contributed by atoms with van der Waals surface area (Å²) in [7, 11) is 0. The Kier molecular flexibility index (Phi) is 1.13. The fourth-order valence-corrected chi connectivity index (χ4v) is 0.348. The van der Waals surface area contributed by atoms with Gasteiger partial charge in [-0.25, -0.2) is 4.99 Å². The molecule has 0 saturated heterocycles. The van der Waals surface area contributed by atoms with E-state index in [1.54, 1.807) is 0 Å². The average molecular weight is 115 g/mol. The van der Waals surface area contributed by atoms with Crippen LogP contribution in [0.4, 0.5) is 0 Å². The van der Waals surface area contributed by atoms with E-state index in [-0.39, 0.29) is 0 Å². The molecule has 8 heavy (non-hydrogen) atoms. The number of amides is 1. The van der Waals surface area contributed by atoms with Gasteiger partial charge in [0.1, 0.15) is 0 Å². The van der Waals surface area contributed by atoms with Crippen LogP contribution in [0, 0.1) is 0 Å². The van der Waals surface area contributed by atoms with Crippen LogP contribution in [0.1, 0.15) is 0 Å². The highest BCUT2D eigenvalue weighted by Gasteiger charge is 2.15. The van der Waals surface area contributed by atoms with Gasteiger partial charge in [-0.3, -0.25) is 4.79 Å². The molecule has 0 fully saturated rings. The molecular weight excluding hydrogens is 110 g/mol. The van der Waals surface area contributed by atoms with E-state index in [2.05, 4.69) is 15.3 Å². The van der Waals surface area contributed by atoms with Gasteiger partial charge in [-0.1, -0.05) is 0 Å². The molecule has 1 aliphatic heterocycles. The van der Waals surface area contributed by atoms with E-state index in [0.29, 0.717) is 0 Å². The molecular formula is C3H5N3O2. The van der Waals surface area contributed by atoms with Gasteiger partial charge >= 0.3 is 0 Å². The van der Waals surface area contributed by atoms with E-state index in [1.165, 1.54) is 0 Å². The number of primary amides is 1. The third kappa shape index (κ3) is 0.760. The minimum Gasteiger partial charge on any atom is -0.394 e. The van der Waals surface area contributed by atoms with Crippen LogP contribution in [0.15, 0.2) is 4.99 Å². The Hall–Kier alpha value is -1.10. The standard InChI is InChI=1S/C3H5N3O2/c4-2(7)3-5-1-8-6-3/h1,3,6H,(H2,4,7). The number of hydrogen-bond acceptors (Lipinski definition) is 4. The lowest BCUT2D eigenvalue weighted by atomic mass is 10.5. The maximum Gasteiger partial charge on any atom is 0.260 e.